The molecule has 142 valence electrons. The molecule has 0 saturated carbocycles. The van der Waals surface area contributed by atoms with Gasteiger partial charge in [-0.1, -0.05) is 19.1 Å². The van der Waals surface area contributed by atoms with E-state index in [4.69, 9.17) is 0 Å². The van der Waals surface area contributed by atoms with E-state index in [2.05, 4.69) is 16.8 Å². The predicted molar refractivity (Wildman–Crippen MR) is 108 cm³/mol. The summed E-state index contributed by atoms with van der Waals surface area (Å²) < 4.78 is 1.53. The fourth-order valence-electron chi connectivity index (χ4n) is 3.43. The first kappa shape index (κ1) is 20.5. The third-order valence-electron chi connectivity index (χ3n) is 4.89. The van der Waals surface area contributed by atoms with Gasteiger partial charge in [-0.05, 0) is 37.9 Å². The van der Waals surface area contributed by atoms with Gasteiger partial charge in [-0.15, -0.1) is 17.0 Å². The molecule has 0 aliphatic carbocycles. The van der Waals surface area contributed by atoms with Crippen molar-refractivity contribution >= 4 is 23.0 Å². The van der Waals surface area contributed by atoms with Crippen LogP contribution in [0.5, 0.6) is 5.75 Å². The van der Waals surface area contributed by atoms with E-state index >= 15 is 0 Å². The fourth-order valence-corrected chi connectivity index (χ4v) is 3.43. The lowest BCUT2D eigenvalue weighted by Crippen LogP contribution is -2.46. The number of nitrogens with zero attached hydrogens (tertiary/aromatic N) is 4. The number of piperidine rings is 1. The van der Waals surface area contributed by atoms with Crippen LogP contribution in [-0.2, 0) is 0 Å². The van der Waals surface area contributed by atoms with Crippen LogP contribution in [-0.4, -0.2) is 63.2 Å². The number of phenols is 1. The Hall–Kier alpha value is -1.86. The first-order chi connectivity index (χ1) is 12.1. The van der Waals surface area contributed by atoms with Crippen LogP contribution in [0.2, 0.25) is 0 Å². The lowest BCUT2D eigenvalue weighted by atomic mass is 10.0. The second-order valence-electron chi connectivity index (χ2n) is 6.68. The number of likely N-dealkylation sites (tertiary alicyclic amines) is 1. The second kappa shape index (κ2) is 9.19. The van der Waals surface area contributed by atoms with Crippen LogP contribution in [0.15, 0.2) is 36.8 Å². The summed E-state index contributed by atoms with van der Waals surface area (Å²) in [6.45, 7) is 5.44. The molecule has 1 aromatic heterocycles. The van der Waals surface area contributed by atoms with Crippen LogP contribution in [0.4, 0.5) is 4.79 Å². The van der Waals surface area contributed by atoms with E-state index in [9.17, 15) is 9.90 Å². The third kappa shape index (κ3) is 4.65. The van der Waals surface area contributed by atoms with Crippen molar-refractivity contribution in [2.45, 2.75) is 32.2 Å². The topological polar surface area (TPSA) is 61.6 Å². The first-order valence-electron chi connectivity index (χ1n) is 8.91. The Labute approximate surface area is 165 Å². The van der Waals surface area contributed by atoms with Crippen LogP contribution < -0.4 is 0 Å². The van der Waals surface area contributed by atoms with Gasteiger partial charge in [0.2, 0.25) is 0 Å². The number of imidazole rings is 1. The number of aromatic hydroxyl groups is 1. The molecule has 2 heterocycles. The van der Waals surface area contributed by atoms with E-state index in [0.29, 0.717) is 5.69 Å². The number of phenolic OH excluding ortho intramolecular Hbond substituents is 1. The average Bonchev–Trinajstić information content (AvgIpc) is 3.11. The number of amides is 1. The quantitative estimate of drug-likeness (QED) is 0.817. The maximum absolute atomic E-state index is 12.7. The van der Waals surface area contributed by atoms with Crippen molar-refractivity contribution in [1.29, 1.82) is 0 Å². The van der Waals surface area contributed by atoms with Crippen molar-refractivity contribution in [2.24, 2.45) is 0 Å². The standard InChI is InChI=1S/C19H26N4O2.BrH/c1-3-9-22-10-7-16(8-11-22)21(2)19(25)23-13-18(20-14-23)15-5-4-6-17(24)12-15;/h4-6,12-14,16,24H,3,7-11H2,1-2H3;1H. The number of carbonyl (C=O) groups excluding carboxylic acids is 1. The molecule has 1 aromatic carbocycles. The molecule has 6 nitrogen and oxygen atoms in total. The summed E-state index contributed by atoms with van der Waals surface area (Å²) in [4.78, 5) is 21.4. The van der Waals surface area contributed by atoms with Crippen molar-refractivity contribution in [1.82, 2.24) is 19.4 Å². The number of hydrogen-bond acceptors (Lipinski definition) is 4. The molecule has 0 radical (unpaired) electrons. The highest BCUT2D eigenvalue weighted by atomic mass is 79.9. The van der Waals surface area contributed by atoms with Gasteiger partial charge < -0.3 is 14.9 Å². The predicted octanol–water partition coefficient (Wildman–Crippen LogP) is 3.61. The van der Waals surface area contributed by atoms with E-state index in [-0.39, 0.29) is 34.8 Å². The van der Waals surface area contributed by atoms with Gasteiger partial charge in [-0.3, -0.25) is 4.57 Å². The van der Waals surface area contributed by atoms with Crippen LogP contribution in [0.1, 0.15) is 26.2 Å². The summed E-state index contributed by atoms with van der Waals surface area (Å²) in [5, 5.41) is 9.59. The Kier molecular flexibility index (Phi) is 7.23. The van der Waals surface area contributed by atoms with E-state index in [1.165, 1.54) is 11.0 Å². The molecule has 2 aromatic rings. The van der Waals surface area contributed by atoms with Gasteiger partial charge in [0.1, 0.15) is 12.1 Å². The molecule has 1 N–H and O–H groups in total. The minimum atomic E-state index is -0.0622. The normalized spacial score (nSPS) is 15.5. The van der Waals surface area contributed by atoms with E-state index in [1.54, 1.807) is 30.7 Å². The number of rotatable bonds is 4. The smallest absolute Gasteiger partial charge is 0.329 e. The van der Waals surface area contributed by atoms with Crippen LogP contribution >= 0.6 is 17.0 Å². The van der Waals surface area contributed by atoms with Gasteiger partial charge >= 0.3 is 6.03 Å². The summed E-state index contributed by atoms with van der Waals surface area (Å²) >= 11 is 0. The molecule has 1 amide bonds. The van der Waals surface area contributed by atoms with Crippen LogP contribution in [0.25, 0.3) is 11.3 Å². The van der Waals surface area contributed by atoms with Gasteiger partial charge in [0, 0.05) is 37.9 Å². The Balaban J connectivity index is 0.00000243. The average molecular weight is 423 g/mol. The molecular weight excluding hydrogens is 396 g/mol. The number of carbonyl (C=O) groups is 1. The lowest BCUT2D eigenvalue weighted by Gasteiger charge is -2.36. The van der Waals surface area contributed by atoms with Crippen molar-refractivity contribution in [3.05, 3.63) is 36.8 Å². The van der Waals surface area contributed by atoms with Crippen LogP contribution in [0.3, 0.4) is 0 Å². The Morgan fingerprint density at radius 3 is 2.73 bits per heavy atom. The largest absolute Gasteiger partial charge is 0.508 e. The van der Waals surface area contributed by atoms with E-state index in [1.807, 2.05) is 18.0 Å². The molecule has 7 heteroatoms. The minimum absolute atomic E-state index is 0. The summed E-state index contributed by atoms with van der Waals surface area (Å²) in [5.74, 6) is 0.189. The number of aromatic nitrogens is 2. The highest BCUT2D eigenvalue weighted by Gasteiger charge is 2.26. The molecule has 3 rings (SSSR count). The zero-order valence-corrected chi connectivity index (χ0v) is 17.0. The monoisotopic (exact) mass is 422 g/mol. The van der Waals surface area contributed by atoms with Crippen molar-refractivity contribution in [3.8, 4) is 17.0 Å². The first-order valence-corrected chi connectivity index (χ1v) is 8.91. The molecule has 0 atom stereocenters. The van der Waals surface area contributed by atoms with E-state index < -0.39 is 0 Å². The van der Waals surface area contributed by atoms with Gasteiger partial charge in [0.25, 0.3) is 0 Å². The Morgan fingerprint density at radius 2 is 2.08 bits per heavy atom. The molecule has 0 unspecified atom stereocenters. The SMILES string of the molecule is Br.CCCN1CCC(N(C)C(=O)n2cnc(-c3cccc(O)c3)c2)CC1. The molecule has 26 heavy (non-hydrogen) atoms. The van der Waals surface area contributed by atoms with Crippen molar-refractivity contribution in [3.63, 3.8) is 0 Å². The van der Waals surface area contributed by atoms with Crippen molar-refractivity contribution < 1.29 is 9.90 Å². The number of halogens is 1. The van der Waals surface area contributed by atoms with Gasteiger partial charge in [0.05, 0.1) is 5.69 Å². The Bertz CT molecular complexity index is 726. The number of hydrogen-bond donors (Lipinski definition) is 1. The zero-order valence-electron chi connectivity index (χ0n) is 15.3. The highest BCUT2D eigenvalue weighted by molar-refractivity contribution is 8.93. The summed E-state index contributed by atoms with van der Waals surface area (Å²) in [7, 11) is 1.87. The lowest BCUT2D eigenvalue weighted by molar-refractivity contribution is 0.135. The maximum atomic E-state index is 12.7. The summed E-state index contributed by atoms with van der Waals surface area (Å²) in [5.41, 5.74) is 1.47. The molecule has 1 aliphatic rings. The van der Waals surface area contributed by atoms with Crippen molar-refractivity contribution in [2.75, 3.05) is 26.7 Å². The number of benzene rings is 1. The molecule has 0 spiro atoms. The minimum Gasteiger partial charge on any atom is -0.508 e. The van der Waals surface area contributed by atoms with Gasteiger partial charge in [-0.25, -0.2) is 9.78 Å². The summed E-state index contributed by atoms with van der Waals surface area (Å²) in [6.07, 6.45) is 6.46. The zero-order chi connectivity index (χ0) is 17.8. The van der Waals surface area contributed by atoms with Gasteiger partial charge in [-0.2, -0.15) is 0 Å². The molecule has 1 fully saturated rings. The molecule has 1 aliphatic heterocycles. The second-order valence-corrected chi connectivity index (χ2v) is 6.68. The fraction of sp³-hybridized carbons (Fsp3) is 0.474. The highest BCUT2D eigenvalue weighted by Crippen LogP contribution is 2.22. The Morgan fingerprint density at radius 1 is 1.35 bits per heavy atom. The maximum Gasteiger partial charge on any atom is 0.329 e. The molecular formula is C19H27BrN4O2. The third-order valence-corrected chi connectivity index (χ3v) is 4.89. The molecule has 0 bridgehead atoms. The summed E-state index contributed by atoms with van der Waals surface area (Å²) in [6, 6.07) is 7.10. The van der Waals surface area contributed by atoms with Gasteiger partial charge in [0.15, 0.2) is 0 Å². The van der Waals surface area contributed by atoms with E-state index in [0.717, 1.165) is 38.0 Å². The van der Waals surface area contributed by atoms with Crippen LogP contribution in [0, 0.1) is 0 Å². The molecule has 1 saturated heterocycles.